The number of carbonyl (C=O) groups excluding carboxylic acids is 2. The van der Waals surface area contributed by atoms with Gasteiger partial charge in [-0.2, -0.15) is 0 Å². The zero-order chi connectivity index (χ0) is 9.84. The monoisotopic (exact) mass is 199 g/mol. The third-order valence-electron chi connectivity index (χ3n) is 1.54. The average molecular weight is 199 g/mol. The number of nitrogens with one attached hydrogen (secondary N) is 1. The van der Waals surface area contributed by atoms with E-state index >= 15 is 0 Å². The van der Waals surface area contributed by atoms with Crippen molar-refractivity contribution in [3.05, 3.63) is 11.1 Å². The first-order valence-electron chi connectivity index (χ1n) is 3.70. The van der Waals surface area contributed by atoms with Gasteiger partial charge in [-0.05, 0) is 25.4 Å². The highest BCUT2D eigenvalue weighted by atomic mass is 32.1. The molecule has 0 saturated heterocycles. The van der Waals surface area contributed by atoms with E-state index in [0.717, 1.165) is 11.5 Å². The maximum Gasteiger partial charge on any atom is 0.265 e. The predicted molar refractivity (Wildman–Crippen MR) is 47.5 cm³/mol. The van der Waals surface area contributed by atoms with E-state index in [9.17, 15) is 9.59 Å². The van der Waals surface area contributed by atoms with Gasteiger partial charge in [-0.1, -0.05) is 4.49 Å². The molecule has 13 heavy (non-hydrogen) atoms. The summed E-state index contributed by atoms with van der Waals surface area (Å²) in [5.74, 6) is -0.386. The molecule has 1 N–H and O–H groups in total. The molecule has 1 aromatic heterocycles. The fourth-order valence-corrected chi connectivity index (χ4v) is 1.05. The van der Waals surface area contributed by atoms with E-state index in [-0.39, 0.29) is 11.7 Å². The summed E-state index contributed by atoms with van der Waals surface area (Å²) in [6.07, 6.45) is 1.37. The molecule has 1 amide bonds. The van der Waals surface area contributed by atoms with Crippen molar-refractivity contribution in [2.24, 2.45) is 0 Å². The summed E-state index contributed by atoms with van der Waals surface area (Å²) in [7, 11) is 0. The van der Waals surface area contributed by atoms with Crippen LogP contribution in [0.25, 0.3) is 0 Å². The molecule has 0 radical (unpaired) electrons. The Labute approximate surface area is 79.3 Å². The van der Waals surface area contributed by atoms with Crippen LogP contribution in [-0.2, 0) is 4.79 Å². The molecule has 0 bridgehead atoms. The molecule has 0 aliphatic heterocycles. The van der Waals surface area contributed by atoms with Crippen LogP contribution in [0.2, 0.25) is 0 Å². The lowest BCUT2D eigenvalue weighted by Crippen LogP contribution is -2.36. The average Bonchev–Trinajstić information content (AvgIpc) is 2.55. The van der Waals surface area contributed by atoms with Gasteiger partial charge in [-0.25, -0.2) is 0 Å². The van der Waals surface area contributed by atoms with Gasteiger partial charge < -0.3 is 5.32 Å². The van der Waals surface area contributed by atoms with Gasteiger partial charge in [-0.15, -0.1) is 5.10 Å². The zero-order valence-corrected chi connectivity index (χ0v) is 8.09. The smallest absolute Gasteiger partial charge is 0.265 e. The molecule has 1 heterocycles. The van der Waals surface area contributed by atoms with Crippen LogP contribution in [0.4, 0.5) is 0 Å². The molecule has 0 aliphatic carbocycles. The molecule has 1 unspecified atom stereocenters. The standard InChI is InChI=1S/C7H9N3O2S/c1-4(5(2)11)9-7(12)6-3-8-10-13-6/h3-4H,1-2H3,(H,9,12). The Kier molecular flexibility index (Phi) is 3.07. The Bertz CT molecular complexity index is 310. The Morgan fingerprint density at radius 3 is 2.77 bits per heavy atom. The van der Waals surface area contributed by atoms with Crippen molar-refractivity contribution < 1.29 is 9.59 Å². The molecular formula is C7H9N3O2S. The second-order valence-electron chi connectivity index (χ2n) is 2.59. The predicted octanol–water partition coefficient (Wildman–Crippen LogP) is 0.245. The highest BCUT2D eigenvalue weighted by Crippen LogP contribution is 2.01. The Balaban J connectivity index is 2.56. The third kappa shape index (κ3) is 2.59. The number of nitrogens with zero attached hydrogens (tertiary/aromatic N) is 2. The molecule has 0 aromatic carbocycles. The summed E-state index contributed by atoms with van der Waals surface area (Å²) in [6.45, 7) is 3.06. The van der Waals surface area contributed by atoms with Crippen molar-refractivity contribution in [1.82, 2.24) is 14.9 Å². The van der Waals surface area contributed by atoms with Crippen molar-refractivity contribution in [3.8, 4) is 0 Å². The van der Waals surface area contributed by atoms with Crippen LogP contribution < -0.4 is 5.32 Å². The minimum Gasteiger partial charge on any atom is -0.342 e. The molecule has 1 aromatic rings. The summed E-state index contributed by atoms with van der Waals surface area (Å²) in [5.41, 5.74) is 0. The summed E-state index contributed by atoms with van der Waals surface area (Å²) in [4.78, 5) is 22.5. The van der Waals surface area contributed by atoms with Gasteiger partial charge in [0.25, 0.3) is 5.91 Å². The first-order valence-corrected chi connectivity index (χ1v) is 4.47. The SMILES string of the molecule is CC(=O)C(C)NC(=O)c1cnns1. The number of Topliss-reactive ketones (excluding diaryl/α,β-unsaturated/α-hetero) is 1. The molecule has 1 atom stereocenters. The molecule has 0 spiro atoms. The minimum atomic E-state index is -0.463. The largest absolute Gasteiger partial charge is 0.342 e. The van der Waals surface area contributed by atoms with Crippen LogP contribution >= 0.6 is 11.5 Å². The number of hydrogen-bond acceptors (Lipinski definition) is 5. The maximum atomic E-state index is 11.3. The molecule has 0 aliphatic rings. The molecular weight excluding hydrogens is 190 g/mol. The number of amides is 1. The van der Waals surface area contributed by atoms with Crippen LogP contribution in [0, 0.1) is 0 Å². The van der Waals surface area contributed by atoms with Gasteiger partial charge >= 0.3 is 0 Å². The summed E-state index contributed by atoms with van der Waals surface area (Å²) in [5, 5.41) is 6.04. The first-order chi connectivity index (χ1) is 6.11. The highest BCUT2D eigenvalue weighted by molar-refractivity contribution is 7.07. The summed E-state index contributed by atoms with van der Waals surface area (Å²) in [6, 6.07) is -0.463. The van der Waals surface area contributed by atoms with Gasteiger partial charge in [-0.3, -0.25) is 9.59 Å². The van der Waals surface area contributed by atoms with Crippen molar-refractivity contribution >= 4 is 23.2 Å². The Morgan fingerprint density at radius 1 is 1.62 bits per heavy atom. The van der Waals surface area contributed by atoms with Crippen molar-refractivity contribution in [3.63, 3.8) is 0 Å². The lowest BCUT2D eigenvalue weighted by Gasteiger charge is -2.07. The molecule has 70 valence electrons. The van der Waals surface area contributed by atoms with Crippen molar-refractivity contribution in [2.75, 3.05) is 0 Å². The van der Waals surface area contributed by atoms with Crippen LogP contribution in [0.15, 0.2) is 6.20 Å². The molecule has 6 heteroatoms. The zero-order valence-electron chi connectivity index (χ0n) is 7.27. The number of carbonyl (C=O) groups is 2. The third-order valence-corrected chi connectivity index (χ3v) is 2.21. The molecule has 0 fully saturated rings. The van der Waals surface area contributed by atoms with E-state index in [1.165, 1.54) is 13.1 Å². The van der Waals surface area contributed by atoms with Crippen LogP contribution in [0.3, 0.4) is 0 Å². The lowest BCUT2D eigenvalue weighted by molar-refractivity contribution is -0.118. The van der Waals surface area contributed by atoms with Gasteiger partial charge in [0.1, 0.15) is 4.88 Å². The first kappa shape index (κ1) is 9.79. The van der Waals surface area contributed by atoms with E-state index < -0.39 is 6.04 Å². The van der Waals surface area contributed by atoms with Crippen LogP contribution in [0.1, 0.15) is 23.5 Å². The molecule has 1 rings (SSSR count). The van der Waals surface area contributed by atoms with Gasteiger partial charge in [0.15, 0.2) is 5.78 Å². The quantitative estimate of drug-likeness (QED) is 0.757. The number of hydrogen-bond donors (Lipinski definition) is 1. The van der Waals surface area contributed by atoms with E-state index in [1.54, 1.807) is 6.92 Å². The minimum absolute atomic E-state index is 0.0779. The molecule has 0 saturated carbocycles. The van der Waals surface area contributed by atoms with Gasteiger partial charge in [0, 0.05) is 0 Å². The van der Waals surface area contributed by atoms with Crippen LogP contribution in [-0.4, -0.2) is 27.3 Å². The highest BCUT2D eigenvalue weighted by Gasteiger charge is 2.14. The van der Waals surface area contributed by atoms with Crippen molar-refractivity contribution in [1.29, 1.82) is 0 Å². The summed E-state index contributed by atoms with van der Waals surface area (Å²) < 4.78 is 3.54. The van der Waals surface area contributed by atoms with E-state index in [4.69, 9.17) is 0 Å². The van der Waals surface area contributed by atoms with E-state index in [0.29, 0.717) is 4.88 Å². The normalized spacial score (nSPS) is 12.2. The second-order valence-corrected chi connectivity index (χ2v) is 3.37. The topological polar surface area (TPSA) is 72.0 Å². The fraction of sp³-hybridized carbons (Fsp3) is 0.429. The van der Waals surface area contributed by atoms with E-state index in [2.05, 4.69) is 14.9 Å². The van der Waals surface area contributed by atoms with Crippen molar-refractivity contribution in [2.45, 2.75) is 19.9 Å². The van der Waals surface area contributed by atoms with Gasteiger partial charge in [0.05, 0.1) is 12.2 Å². The Morgan fingerprint density at radius 2 is 2.31 bits per heavy atom. The number of ketones is 1. The second kappa shape index (κ2) is 4.08. The lowest BCUT2D eigenvalue weighted by atomic mass is 10.2. The van der Waals surface area contributed by atoms with Gasteiger partial charge in [0.2, 0.25) is 0 Å². The van der Waals surface area contributed by atoms with E-state index in [1.807, 2.05) is 0 Å². The number of rotatable bonds is 3. The van der Waals surface area contributed by atoms with Crippen LogP contribution in [0.5, 0.6) is 0 Å². The number of aromatic nitrogens is 2. The maximum absolute atomic E-state index is 11.3. The fourth-order valence-electron chi connectivity index (χ4n) is 0.637. The summed E-state index contributed by atoms with van der Waals surface area (Å²) >= 11 is 1.00. The molecule has 5 nitrogen and oxygen atoms in total. The Hall–Kier alpha value is -1.30.